The zero-order valence-electron chi connectivity index (χ0n) is 10.7. The SMILES string of the molecule is CS(=O)(=O)N1CCN(C(=O)c2cccc(N)c2)CC1. The molecule has 19 heavy (non-hydrogen) atoms. The Labute approximate surface area is 112 Å². The molecule has 0 radical (unpaired) electrons. The molecule has 1 heterocycles. The van der Waals surface area contributed by atoms with Crippen molar-refractivity contribution in [3.05, 3.63) is 29.8 Å². The van der Waals surface area contributed by atoms with Crippen LogP contribution in [0.2, 0.25) is 0 Å². The van der Waals surface area contributed by atoms with Gasteiger partial charge in [-0.1, -0.05) is 6.07 Å². The van der Waals surface area contributed by atoms with E-state index in [0.29, 0.717) is 37.4 Å². The highest BCUT2D eigenvalue weighted by atomic mass is 32.2. The first-order valence-electron chi connectivity index (χ1n) is 5.98. The van der Waals surface area contributed by atoms with Crippen molar-refractivity contribution in [2.24, 2.45) is 0 Å². The summed E-state index contributed by atoms with van der Waals surface area (Å²) >= 11 is 0. The van der Waals surface area contributed by atoms with Crippen molar-refractivity contribution in [3.8, 4) is 0 Å². The molecular formula is C12H17N3O3S. The average molecular weight is 283 g/mol. The first-order valence-corrected chi connectivity index (χ1v) is 7.83. The van der Waals surface area contributed by atoms with E-state index in [9.17, 15) is 13.2 Å². The van der Waals surface area contributed by atoms with Crippen LogP contribution in [0.1, 0.15) is 10.4 Å². The summed E-state index contributed by atoms with van der Waals surface area (Å²) < 4.78 is 24.2. The quantitative estimate of drug-likeness (QED) is 0.774. The van der Waals surface area contributed by atoms with Gasteiger partial charge in [-0.15, -0.1) is 0 Å². The number of piperazine rings is 1. The minimum Gasteiger partial charge on any atom is -0.399 e. The number of hydrogen-bond donors (Lipinski definition) is 1. The summed E-state index contributed by atoms with van der Waals surface area (Å²) in [6.07, 6.45) is 1.18. The van der Waals surface area contributed by atoms with Gasteiger partial charge in [0.25, 0.3) is 5.91 Å². The lowest BCUT2D eigenvalue weighted by molar-refractivity contribution is 0.0698. The summed E-state index contributed by atoms with van der Waals surface area (Å²) in [5, 5.41) is 0. The highest BCUT2D eigenvalue weighted by Crippen LogP contribution is 2.13. The third-order valence-electron chi connectivity index (χ3n) is 3.13. The summed E-state index contributed by atoms with van der Waals surface area (Å²) in [6.45, 7) is 1.49. The van der Waals surface area contributed by atoms with Gasteiger partial charge < -0.3 is 10.6 Å². The lowest BCUT2D eigenvalue weighted by Gasteiger charge is -2.33. The van der Waals surface area contributed by atoms with E-state index >= 15 is 0 Å². The average Bonchev–Trinajstić information content (AvgIpc) is 2.37. The molecule has 0 aliphatic carbocycles. The first kappa shape index (κ1) is 13.8. The van der Waals surface area contributed by atoms with Gasteiger partial charge in [-0.25, -0.2) is 8.42 Å². The van der Waals surface area contributed by atoms with E-state index in [4.69, 9.17) is 5.73 Å². The number of sulfonamides is 1. The number of carbonyl (C=O) groups is 1. The molecule has 0 atom stereocenters. The Morgan fingerprint density at radius 2 is 1.84 bits per heavy atom. The van der Waals surface area contributed by atoms with Crippen molar-refractivity contribution in [1.29, 1.82) is 0 Å². The van der Waals surface area contributed by atoms with E-state index in [0.717, 1.165) is 0 Å². The Morgan fingerprint density at radius 3 is 2.37 bits per heavy atom. The first-order chi connectivity index (χ1) is 8.88. The zero-order chi connectivity index (χ0) is 14.0. The number of nitrogen functional groups attached to an aromatic ring is 1. The van der Waals surface area contributed by atoms with E-state index in [-0.39, 0.29) is 5.91 Å². The zero-order valence-corrected chi connectivity index (χ0v) is 11.6. The van der Waals surface area contributed by atoms with Crippen LogP contribution in [-0.4, -0.2) is 56.0 Å². The highest BCUT2D eigenvalue weighted by Gasteiger charge is 2.26. The summed E-state index contributed by atoms with van der Waals surface area (Å²) in [7, 11) is -3.17. The molecule has 1 aromatic rings. The maximum atomic E-state index is 12.2. The molecule has 1 amide bonds. The van der Waals surface area contributed by atoms with Crippen LogP contribution in [0.15, 0.2) is 24.3 Å². The summed E-state index contributed by atoms with van der Waals surface area (Å²) in [5.74, 6) is -0.111. The van der Waals surface area contributed by atoms with Gasteiger partial charge in [0.1, 0.15) is 0 Å². The van der Waals surface area contributed by atoms with Crippen molar-refractivity contribution in [3.63, 3.8) is 0 Å². The molecule has 0 spiro atoms. The second-order valence-electron chi connectivity index (χ2n) is 4.58. The fourth-order valence-electron chi connectivity index (χ4n) is 2.08. The number of hydrogen-bond acceptors (Lipinski definition) is 4. The van der Waals surface area contributed by atoms with E-state index in [2.05, 4.69) is 0 Å². The maximum absolute atomic E-state index is 12.2. The minimum absolute atomic E-state index is 0.111. The van der Waals surface area contributed by atoms with Gasteiger partial charge in [0.2, 0.25) is 10.0 Å². The predicted molar refractivity (Wildman–Crippen MR) is 73.2 cm³/mol. The van der Waals surface area contributed by atoms with Crippen LogP contribution < -0.4 is 5.73 Å². The van der Waals surface area contributed by atoms with Crippen molar-refractivity contribution in [2.75, 3.05) is 38.2 Å². The van der Waals surface area contributed by atoms with Gasteiger partial charge in [-0.05, 0) is 18.2 Å². The van der Waals surface area contributed by atoms with Crippen LogP contribution in [0.25, 0.3) is 0 Å². The Balaban J connectivity index is 2.04. The fraction of sp³-hybridized carbons (Fsp3) is 0.417. The van der Waals surface area contributed by atoms with Crippen molar-refractivity contribution >= 4 is 21.6 Å². The number of rotatable bonds is 2. The summed E-state index contributed by atoms with van der Waals surface area (Å²) in [4.78, 5) is 13.9. The monoisotopic (exact) mass is 283 g/mol. The number of amides is 1. The largest absolute Gasteiger partial charge is 0.399 e. The van der Waals surface area contributed by atoms with E-state index in [1.54, 1.807) is 29.2 Å². The number of nitrogens with two attached hydrogens (primary N) is 1. The summed E-state index contributed by atoms with van der Waals surface area (Å²) in [6, 6.07) is 6.79. The Morgan fingerprint density at radius 1 is 1.21 bits per heavy atom. The third kappa shape index (κ3) is 3.24. The molecule has 2 rings (SSSR count). The highest BCUT2D eigenvalue weighted by molar-refractivity contribution is 7.88. The van der Waals surface area contributed by atoms with Crippen molar-refractivity contribution in [1.82, 2.24) is 9.21 Å². The topological polar surface area (TPSA) is 83.7 Å². The van der Waals surface area contributed by atoms with Crippen LogP contribution in [0.4, 0.5) is 5.69 Å². The molecule has 104 valence electrons. The molecule has 1 fully saturated rings. The van der Waals surface area contributed by atoms with E-state index in [1.165, 1.54) is 10.6 Å². The van der Waals surface area contributed by atoms with Crippen LogP contribution in [0.5, 0.6) is 0 Å². The third-order valence-corrected chi connectivity index (χ3v) is 4.43. The Kier molecular flexibility index (Phi) is 3.77. The van der Waals surface area contributed by atoms with Gasteiger partial charge in [0.15, 0.2) is 0 Å². The van der Waals surface area contributed by atoms with Crippen LogP contribution >= 0.6 is 0 Å². The molecule has 2 N–H and O–H groups in total. The van der Waals surface area contributed by atoms with Gasteiger partial charge in [0.05, 0.1) is 6.26 Å². The molecule has 1 aromatic carbocycles. The Bertz CT molecular complexity index is 578. The molecule has 0 bridgehead atoms. The molecule has 6 nitrogen and oxygen atoms in total. The number of carbonyl (C=O) groups excluding carboxylic acids is 1. The Hall–Kier alpha value is -1.60. The van der Waals surface area contributed by atoms with Crippen LogP contribution in [-0.2, 0) is 10.0 Å². The lowest BCUT2D eigenvalue weighted by Crippen LogP contribution is -2.50. The molecule has 1 aliphatic rings. The van der Waals surface area contributed by atoms with Crippen LogP contribution in [0, 0.1) is 0 Å². The predicted octanol–water partition coefficient (Wildman–Crippen LogP) is -0.0138. The molecule has 0 saturated carbocycles. The van der Waals surface area contributed by atoms with Gasteiger partial charge >= 0.3 is 0 Å². The molecule has 7 heteroatoms. The lowest BCUT2D eigenvalue weighted by atomic mass is 10.1. The summed E-state index contributed by atoms with van der Waals surface area (Å²) in [5.41, 5.74) is 6.72. The fourth-order valence-corrected chi connectivity index (χ4v) is 2.90. The second kappa shape index (κ2) is 5.18. The van der Waals surface area contributed by atoms with Gasteiger partial charge in [-0.2, -0.15) is 4.31 Å². The normalized spacial score (nSPS) is 17.4. The maximum Gasteiger partial charge on any atom is 0.254 e. The molecule has 1 saturated heterocycles. The smallest absolute Gasteiger partial charge is 0.254 e. The van der Waals surface area contributed by atoms with Crippen LogP contribution in [0.3, 0.4) is 0 Å². The molecule has 0 aromatic heterocycles. The minimum atomic E-state index is -3.17. The number of benzene rings is 1. The standard InChI is InChI=1S/C12H17N3O3S/c1-19(17,18)15-7-5-14(6-8-15)12(16)10-3-2-4-11(13)9-10/h2-4,9H,5-8,13H2,1H3. The van der Waals surface area contributed by atoms with E-state index < -0.39 is 10.0 Å². The molecular weight excluding hydrogens is 266 g/mol. The second-order valence-corrected chi connectivity index (χ2v) is 6.56. The molecule has 1 aliphatic heterocycles. The number of anilines is 1. The van der Waals surface area contributed by atoms with E-state index in [1.807, 2.05) is 0 Å². The van der Waals surface area contributed by atoms with Crippen molar-refractivity contribution in [2.45, 2.75) is 0 Å². The van der Waals surface area contributed by atoms with Gasteiger partial charge in [-0.3, -0.25) is 4.79 Å². The van der Waals surface area contributed by atoms with Gasteiger partial charge in [0, 0.05) is 37.4 Å². The van der Waals surface area contributed by atoms with Crippen molar-refractivity contribution < 1.29 is 13.2 Å². The molecule has 0 unspecified atom stereocenters. The number of nitrogens with zero attached hydrogens (tertiary/aromatic N) is 2.